The van der Waals surface area contributed by atoms with Crippen LogP contribution in [0, 0.1) is 0 Å². The number of nitrogens with zero attached hydrogens (tertiary/aromatic N) is 2. The van der Waals surface area contributed by atoms with E-state index in [4.69, 9.17) is 4.74 Å². The lowest BCUT2D eigenvalue weighted by Crippen LogP contribution is -2.50. The maximum Gasteiger partial charge on any atom is 0.325 e. The van der Waals surface area contributed by atoms with Crippen LogP contribution in [0.15, 0.2) is 48.5 Å². The number of hydrogen-bond acceptors (Lipinski definition) is 6. The van der Waals surface area contributed by atoms with Gasteiger partial charge < -0.3 is 20.1 Å². The molecule has 2 aromatic carbocycles. The van der Waals surface area contributed by atoms with Crippen LogP contribution in [0.1, 0.15) is 0 Å². The van der Waals surface area contributed by atoms with Gasteiger partial charge in [-0.05, 0) is 36.4 Å². The summed E-state index contributed by atoms with van der Waals surface area (Å²) in [6.45, 7) is 2.88. The second-order valence-electron chi connectivity index (χ2n) is 6.48. The van der Waals surface area contributed by atoms with Gasteiger partial charge in [0.2, 0.25) is 5.91 Å². The van der Waals surface area contributed by atoms with Gasteiger partial charge in [-0.25, -0.2) is 4.79 Å². The molecule has 3 N–H and O–H groups in total. The number of ether oxygens (including phenoxy) is 1. The molecule has 28 heavy (non-hydrogen) atoms. The number of amides is 3. The zero-order valence-corrected chi connectivity index (χ0v) is 15.7. The maximum atomic E-state index is 12.1. The standard InChI is InChI=1S/C20H24N4O4/c1-28-16-8-6-15(7-9-16)21-20(27)22-19(26)14-23-10-12-24(13-11-23)17-4-2-3-5-18(17)25/h2-9,25H,10-14H2,1H3,(H2,21,22,26,27). The number of hydrogen-bond donors (Lipinski definition) is 3. The molecular weight excluding hydrogens is 360 g/mol. The SMILES string of the molecule is COc1ccc(NC(=O)NC(=O)CN2CCN(c3ccccc3O)CC2)cc1. The van der Waals surface area contributed by atoms with E-state index in [0.29, 0.717) is 37.6 Å². The molecule has 0 radical (unpaired) electrons. The number of anilines is 2. The minimum atomic E-state index is -0.567. The highest BCUT2D eigenvalue weighted by Crippen LogP contribution is 2.27. The number of imide groups is 1. The number of benzene rings is 2. The van der Waals surface area contributed by atoms with Gasteiger partial charge in [-0.1, -0.05) is 12.1 Å². The molecule has 0 atom stereocenters. The number of rotatable bonds is 5. The molecule has 0 spiro atoms. The van der Waals surface area contributed by atoms with E-state index >= 15 is 0 Å². The van der Waals surface area contributed by atoms with E-state index in [1.54, 1.807) is 43.5 Å². The van der Waals surface area contributed by atoms with Gasteiger partial charge in [-0.15, -0.1) is 0 Å². The van der Waals surface area contributed by atoms with Gasteiger partial charge in [-0.2, -0.15) is 0 Å². The summed E-state index contributed by atoms with van der Waals surface area (Å²) in [6.07, 6.45) is 0. The molecule has 1 aliphatic rings. The number of aromatic hydroxyl groups is 1. The van der Waals surface area contributed by atoms with Crippen LogP contribution in [0.3, 0.4) is 0 Å². The summed E-state index contributed by atoms with van der Waals surface area (Å²) in [5.41, 5.74) is 1.37. The lowest BCUT2D eigenvalue weighted by molar-refractivity contribution is -0.121. The molecule has 1 aliphatic heterocycles. The van der Waals surface area contributed by atoms with Crippen molar-refractivity contribution in [2.75, 3.05) is 50.1 Å². The van der Waals surface area contributed by atoms with Crippen molar-refractivity contribution < 1.29 is 19.4 Å². The number of carbonyl (C=O) groups is 2. The molecule has 1 saturated heterocycles. The highest BCUT2D eigenvalue weighted by atomic mass is 16.5. The van der Waals surface area contributed by atoms with E-state index in [-0.39, 0.29) is 18.2 Å². The molecule has 0 aromatic heterocycles. The molecule has 0 saturated carbocycles. The Morgan fingerprint density at radius 3 is 2.36 bits per heavy atom. The van der Waals surface area contributed by atoms with Crippen LogP contribution in [-0.4, -0.2) is 61.8 Å². The fourth-order valence-electron chi connectivity index (χ4n) is 3.08. The Labute approximate surface area is 163 Å². The first-order valence-electron chi connectivity index (χ1n) is 9.05. The summed E-state index contributed by atoms with van der Waals surface area (Å²) in [6, 6.07) is 13.5. The Morgan fingerprint density at radius 2 is 1.71 bits per heavy atom. The topological polar surface area (TPSA) is 94.1 Å². The Morgan fingerprint density at radius 1 is 1.04 bits per heavy atom. The van der Waals surface area contributed by atoms with Crippen molar-refractivity contribution >= 4 is 23.3 Å². The van der Waals surface area contributed by atoms with Gasteiger partial charge in [0.05, 0.1) is 19.3 Å². The van der Waals surface area contributed by atoms with Crippen LogP contribution in [-0.2, 0) is 4.79 Å². The molecule has 0 unspecified atom stereocenters. The molecular formula is C20H24N4O4. The van der Waals surface area contributed by atoms with Crippen molar-refractivity contribution in [1.29, 1.82) is 0 Å². The quantitative estimate of drug-likeness (QED) is 0.729. The average molecular weight is 384 g/mol. The smallest absolute Gasteiger partial charge is 0.325 e. The third-order valence-corrected chi connectivity index (χ3v) is 4.56. The summed E-state index contributed by atoms with van der Waals surface area (Å²) in [5, 5.41) is 14.9. The maximum absolute atomic E-state index is 12.1. The first-order valence-corrected chi connectivity index (χ1v) is 9.05. The molecule has 0 bridgehead atoms. The fraction of sp³-hybridized carbons (Fsp3) is 0.300. The van der Waals surface area contributed by atoms with Gasteiger partial charge in [0.15, 0.2) is 0 Å². The molecule has 2 aromatic rings. The third-order valence-electron chi connectivity index (χ3n) is 4.56. The normalized spacial score (nSPS) is 14.4. The second kappa shape index (κ2) is 9.09. The van der Waals surface area contributed by atoms with Crippen molar-refractivity contribution in [3.05, 3.63) is 48.5 Å². The molecule has 3 amide bonds. The predicted molar refractivity (Wildman–Crippen MR) is 107 cm³/mol. The first-order chi connectivity index (χ1) is 13.5. The summed E-state index contributed by atoms with van der Waals surface area (Å²) in [4.78, 5) is 28.2. The Hall–Kier alpha value is -3.26. The lowest BCUT2D eigenvalue weighted by Gasteiger charge is -2.35. The zero-order valence-electron chi connectivity index (χ0n) is 15.7. The number of phenols is 1. The average Bonchev–Trinajstić information content (AvgIpc) is 2.69. The highest BCUT2D eigenvalue weighted by Gasteiger charge is 2.21. The Balaban J connectivity index is 1.42. The van der Waals surface area contributed by atoms with Crippen molar-refractivity contribution in [2.45, 2.75) is 0 Å². The molecule has 148 valence electrons. The van der Waals surface area contributed by atoms with Gasteiger partial charge in [-0.3, -0.25) is 15.0 Å². The number of methoxy groups -OCH3 is 1. The molecule has 8 nitrogen and oxygen atoms in total. The van der Waals surface area contributed by atoms with E-state index in [9.17, 15) is 14.7 Å². The largest absolute Gasteiger partial charge is 0.506 e. The summed E-state index contributed by atoms with van der Waals surface area (Å²) < 4.78 is 5.06. The van der Waals surface area contributed by atoms with Gasteiger partial charge in [0, 0.05) is 31.9 Å². The number of nitrogens with one attached hydrogen (secondary N) is 2. The second-order valence-corrected chi connectivity index (χ2v) is 6.48. The van der Waals surface area contributed by atoms with E-state index in [0.717, 1.165) is 5.69 Å². The first kappa shape index (κ1) is 19.5. The van der Waals surface area contributed by atoms with Crippen molar-refractivity contribution in [3.63, 3.8) is 0 Å². The zero-order chi connectivity index (χ0) is 19.9. The van der Waals surface area contributed by atoms with Gasteiger partial charge in [0.1, 0.15) is 11.5 Å². The minimum Gasteiger partial charge on any atom is -0.506 e. The number of piperazine rings is 1. The van der Waals surface area contributed by atoms with Crippen LogP contribution in [0.2, 0.25) is 0 Å². The molecule has 8 heteroatoms. The Bertz CT molecular complexity index is 817. The summed E-state index contributed by atoms with van der Waals surface area (Å²) in [7, 11) is 1.57. The number of urea groups is 1. The van der Waals surface area contributed by atoms with Gasteiger partial charge >= 0.3 is 6.03 Å². The number of carbonyl (C=O) groups excluding carboxylic acids is 2. The van der Waals surface area contributed by atoms with Crippen LogP contribution >= 0.6 is 0 Å². The van der Waals surface area contributed by atoms with E-state index < -0.39 is 6.03 Å². The predicted octanol–water partition coefficient (Wildman–Crippen LogP) is 1.87. The molecule has 1 heterocycles. The highest BCUT2D eigenvalue weighted by molar-refractivity contribution is 6.01. The van der Waals surface area contributed by atoms with Crippen LogP contribution < -0.4 is 20.3 Å². The molecule has 3 rings (SSSR count). The molecule has 0 aliphatic carbocycles. The van der Waals surface area contributed by atoms with E-state index in [2.05, 4.69) is 15.5 Å². The summed E-state index contributed by atoms with van der Waals surface area (Å²) in [5.74, 6) is 0.580. The molecule has 1 fully saturated rings. The van der Waals surface area contributed by atoms with Crippen molar-refractivity contribution in [1.82, 2.24) is 10.2 Å². The van der Waals surface area contributed by atoms with E-state index in [1.165, 1.54) is 0 Å². The third kappa shape index (κ3) is 5.14. The van der Waals surface area contributed by atoms with E-state index in [1.807, 2.05) is 17.0 Å². The number of phenolic OH excluding ortho intramolecular Hbond substituents is 1. The van der Waals surface area contributed by atoms with Crippen LogP contribution in [0.4, 0.5) is 16.2 Å². The lowest BCUT2D eigenvalue weighted by atomic mass is 10.2. The van der Waals surface area contributed by atoms with Crippen molar-refractivity contribution in [3.8, 4) is 11.5 Å². The van der Waals surface area contributed by atoms with Crippen LogP contribution in [0.25, 0.3) is 0 Å². The summed E-state index contributed by atoms with van der Waals surface area (Å²) >= 11 is 0. The monoisotopic (exact) mass is 384 g/mol. The van der Waals surface area contributed by atoms with Crippen molar-refractivity contribution in [2.24, 2.45) is 0 Å². The Kier molecular flexibility index (Phi) is 6.33. The van der Waals surface area contributed by atoms with Crippen LogP contribution in [0.5, 0.6) is 11.5 Å². The number of para-hydroxylation sites is 2. The van der Waals surface area contributed by atoms with Gasteiger partial charge in [0.25, 0.3) is 0 Å². The minimum absolute atomic E-state index is 0.143. The fourth-order valence-corrected chi connectivity index (χ4v) is 3.08.